The Morgan fingerprint density at radius 3 is 2.71 bits per heavy atom. The van der Waals surface area contributed by atoms with Crippen LogP contribution in [0.4, 0.5) is 0 Å². The summed E-state index contributed by atoms with van der Waals surface area (Å²) >= 11 is 7.71. The first-order chi connectivity index (χ1) is 9.95. The molecule has 0 radical (unpaired) electrons. The lowest BCUT2D eigenvalue weighted by atomic mass is 10.4. The van der Waals surface area contributed by atoms with E-state index in [1.54, 1.807) is 24.1 Å². The van der Waals surface area contributed by atoms with Crippen molar-refractivity contribution in [2.75, 3.05) is 0 Å². The Labute approximate surface area is 138 Å². The van der Waals surface area contributed by atoms with E-state index in [-0.39, 0.29) is 18.0 Å². The van der Waals surface area contributed by atoms with Crippen LogP contribution in [0.3, 0.4) is 0 Å². The van der Waals surface area contributed by atoms with E-state index < -0.39 is 5.91 Å². The highest BCUT2D eigenvalue weighted by Gasteiger charge is 2.14. The highest BCUT2D eigenvalue weighted by atomic mass is 127. The molecular weight excluding hydrogens is 411 g/mol. The molecule has 0 aromatic carbocycles. The van der Waals surface area contributed by atoms with E-state index in [4.69, 9.17) is 11.6 Å². The van der Waals surface area contributed by atoms with Gasteiger partial charge in [-0.15, -0.1) is 0 Å². The van der Waals surface area contributed by atoms with Crippen molar-refractivity contribution in [3.8, 4) is 0 Å². The van der Waals surface area contributed by atoms with Crippen molar-refractivity contribution in [1.82, 2.24) is 30.4 Å². The number of hydrazine groups is 1. The molecule has 8 nitrogen and oxygen atoms in total. The number of halogens is 2. The minimum atomic E-state index is -0.463. The number of carbonyl (C=O) groups excluding carboxylic acids is 2. The molecule has 0 unspecified atom stereocenters. The molecule has 0 aliphatic carbocycles. The first kappa shape index (κ1) is 15.8. The molecular formula is C11H12ClIN6O2. The van der Waals surface area contributed by atoms with Gasteiger partial charge in [0.1, 0.15) is 0 Å². The minimum Gasteiger partial charge on any atom is -0.274 e. The van der Waals surface area contributed by atoms with Crippen LogP contribution in [0.5, 0.6) is 0 Å². The quantitative estimate of drug-likeness (QED) is 0.561. The Morgan fingerprint density at radius 2 is 2.14 bits per heavy atom. The van der Waals surface area contributed by atoms with Crippen LogP contribution in [0, 0.1) is 3.57 Å². The van der Waals surface area contributed by atoms with Crippen LogP contribution in [0.2, 0.25) is 5.02 Å². The number of hydrogen-bond acceptors (Lipinski definition) is 4. The third-order valence-electron chi connectivity index (χ3n) is 2.48. The van der Waals surface area contributed by atoms with Gasteiger partial charge in [0.05, 0.1) is 14.8 Å². The molecule has 112 valence electrons. The first-order valence-corrected chi connectivity index (χ1v) is 7.37. The molecule has 2 amide bonds. The lowest BCUT2D eigenvalue weighted by Crippen LogP contribution is -2.42. The summed E-state index contributed by atoms with van der Waals surface area (Å²) in [6, 6.07) is 0. The van der Waals surface area contributed by atoms with Gasteiger partial charge >= 0.3 is 0 Å². The number of aryl methyl sites for hydroxylation is 2. The summed E-state index contributed by atoms with van der Waals surface area (Å²) in [4.78, 5) is 23.4. The van der Waals surface area contributed by atoms with E-state index in [9.17, 15) is 9.59 Å². The van der Waals surface area contributed by atoms with Crippen molar-refractivity contribution < 1.29 is 9.59 Å². The number of nitrogens with zero attached hydrogens (tertiary/aromatic N) is 4. The summed E-state index contributed by atoms with van der Waals surface area (Å²) in [5, 5.41) is 8.46. The molecule has 2 rings (SSSR count). The van der Waals surface area contributed by atoms with Crippen molar-refractivity contribution in [3.05, 3.63) is 32.9 Å². The second kappa shape index (κ2) is 6.89. The van der Waals surface area contributed by atoms with E-state index in [1.165, 1.54) is 10.9 Å². The lowest BCUT2D eigenvalue weighted by Gasteiger charge is -2.06. The normalized spacial score (nSPS) is 10.4. The Balaban J connectivity index is 1.78. The SMILES string of the molecule is Cn1cc(I)c(C(=O)NNC(=O)CCn2cc(Cl)cn2)n1. The summed E-state index contributed by atoms with van der Waals surface area (Å²) in [5.41, 5.74) is 4.91. The van der Waals surface area contributed by atoms with Gasteiger partial charge in [0.15, 0.2) is 5.69 Å². The monoisotopic (exact) mass is 422 g/mol. The van der Waals surface area contributed by atoms with Gasteiger partial charge < -0.3 is 0 Å². The zero-order chi connectivity index (χ0) is 15.4. The summed E-state index contributed by atoms with van der Waals surface area (Å²) in [6.45, 7) is 0.371. The Morgan fingerprint density at radius 1 is 1.38 bits per heavy atom. The maximum atomic E-state index is 11.8. The van der Waals surface area contributed by atoms with Gasteiger partial charge in [-0.25, -0.2) is 0 Å². The second-order valence-electron chi connectivity index (χ2n) is 4.17. The van der Waals surface area contributed by atoms with Gasteiger partial charge in [0, 0.05) is 32.4 Å². The van der Waals surface area contributed by atoms with Crippen LogP contribution < -0.4 is 10.9 Å². The molecule has 0 atom stereocenters. The molecule has 0 spiro atoms. The van der Waals surface area contributed by atoms with Gasteiger partial charge in [0.2, 0.25) is 5.91 Å². The second-order valence-corrected chi connectivity index (χ2v) is 5.77. The molecule has 2 N–H and O–H groups in total. The van der Waals surface area contributed by atoms with Crippen molar-refractivity contribution in [3.63, 3.8) is 0 Å². The average molecular weight is 423 g/mol. The fourth-order valence-corrected chi connectivity index (χ4v) is 2.45. The lowest BCUT2D eigenvalue weighted by molar-refractivity contribution is -0.122. The van der Waals surface area contributed by atoms with Gasteiger partial charge in [0.25, 0.3) is 5.91 Å². The summed E-state index contributed by atoms with van der Waals surface area (Å²) < 4.78 is 3.78. The molecule has 2 heterocycles. The van der Waals surface area contributed by atoms with Gasteiger partial charge in [-0.3, -0.25) is 29.8 Å². The van der Waals surface area contributed by atoms with Crippen LogP contribution in [0.15, 0.2) is 18.6 Å². The van der Waals surface area contributed by atoms with Crippen LogP contribution in [0.25, 0.3) is 0 Å². The van der Waals surface area contributed by atoms with E-state index in [0.717, 1.165) is 0 Å². The maximum absolute atomic E-state index is 11.8. The summed E-state index contributed by atoms with van der Waals surface area (Å²) in [7, 11) is 1.72. The zero-order valence-electron chi connectivity index (χ0n) is 11.0. The fraction of sp³-hybridized carbons (Fsp3) is 0.273. The number of carbonyl (C=O) groups is 2. The van der Waals surface area contributed by atoms with Crippen molar-refractivity contribution >= 4 is 46.0 Å². The van der Waals surface area contributed by atoms with Crippen LogP contribution in [-0.4, -0.2) is 31.4 Å². The molecule has 0 saturated carbocycles. The van der Waals surface area contributed by atoms with Crippen LogP contribution >= 0.6 is 34.2 Å². The standard InChI is InChI=1S/C11H12ClIN6O2/c1-18-6-8(13)10(17-18)11(21)16-15-9(20)2-3-19-5-7(12)4-14-19/h4-6H,2-3H2,1H3,(H,15,20)(H,16,21). The van der Waals surface area contributed by atoms with E-state index in [1.807, 2.05) is 22.6 Å². The van der Waals surface area contributed by atoms with Crippen molar-refractivity contribution in [2.24, 2.45) is 7.05 Å². The molecule has 0 saturated heterocycles. The highest BCUT2D eigenvalue weighted by Crippen LogP contribution is 2.08. The summed E-state index contributed by atoms with van der Waals surface area (Å²) in [6.07, 6.45) is 4.98. The maximum Gasteiger partial charge on any atom is 0.291 e. The largest absolute Gasteiger partial charge is 0.291 e. The molecule has 2 aromatic heterocycles. The molecule has 0 aliphatic heterocycles. The Bertz CT molecular complexity index is 667. The van der Waals surface area contributed by atoms with Gasteiger partial charge in [-0.05, 0) is 22.6 Å². The number of nitrogens with one attached hydrogen (secondary N) is 2. The topological polar surface area (TPSA) is 93.8 Å². The number of amides is 2. The number of rotatable bonds is 4. The third-order valence-corrected chi connectivity index (χ3v) is 3.47. The van der Waals surface area contributed by atoms with Crippen LogP contribution in [0.1, 0.15) is 16.9 Å². The third kappa shape index (κ3) is 4.43. The van der Waals surface area contributed by atoms with Gasteiger partial charge in [-0.2, -0.15) is 10.2 Å². The molecule has 10 heteroatoms. The first-order valence-electron chi connectivity index (χ1n) is 5.92. The fourth-order valence-electron chi connectivity index (χ4n) is 1.54. The Kier molecular flexibility index (Phi) is 5.17. The predicted molar refractivity (Wildman–Crippen MR) is 83.4 cm³/mol. The van der Waals surface area contributed by atoms with Gasteiger partial charge in [-0.1, -0.05) is 11.6 Å². The molecule has 0 fully saturated rings. The molecule has 0 aliphatic rings. The van der Waals surface area contributed by atoms with Crippen LogP contribution in [-0.2, 0) is 18.4 Å². The van der Waals surface area contributed by atoms with E-state index >= 15 is 0 Å². The smallest absolute Gasteiger partial charge is 0.274 e. The predicted octanol–water partition coefficient (Wildman–Crippen LogP) is 0.726. The minimum absolute atomic E-state index is 0.164. The highest BCUT2D eigenvalue weighted by molar-refractivity contribution is 14.1. The average Bonchev–Trinajstić information content (AvgIpc) is 2.99. The number of aromatic nitrogens is 4. The van der Waals surface area contributed by atoms with Crippen molar-refractivity contribution in [2.45, 2.75) is 13.0 Å². The zero-order valence-corrected chi connectivity index (χ0v) is 13.9. The van der Waals surface area contributed by atoms with E-state index in [0.29, 0.717) is 15.1 Å². The molecule has 21 heavy (non-hydrogen) atoms. The molecule has 0 bridgehead atoms. The summed E-state index contributed by atoms with van der Waals surface area (Å²) in [5.74, 6) is -0.795. The Hall–Kier alpha value is -1.62. The van der Waals surface area contributed by atoms with Crippen molar-refractivity contribution in [1.29, 1.82) is 0 Å². The van der Waals surface area contributed by atoms with E-state index in [2.05, 4.69) is 21.0 Å². The number of hydrogen-bond donors (Lipinski definition) is 2. The molecule has 2 aromatic rings.